The highest BCUT2D eigenvalue weighted by molar-refractivity contribution is 5.78. The van der Waals surface area contributed by atoms with Crippen LogP contribution in [0.3, 0.4) is 0 Å². The molecule has 68 valence electrons. The molecule has 1 rings (SSSR count). The molecule has 1 aromatic carbocycles. The van der Waals surface area contributed by atoms with Crippen LogP contribution in [0.25, 0.3) is 6.08 Å². The number of allylic oxidation sites excluding steroid dienone is 1. The average molecular weight is 176 g/mol. The van der Waals surface area contributed by atoms with Crippen molar-refractivity contribution in [2.45, 2.75) is 13.3 Å². The number of carbonyl (C=O) groups is 1. The molecular formula is C11H12O2. The lowest BCUT2D eigenvalue weighted by atomic mass is 10.2. The molecule has 0 saturated heterocycles. The molecule has 0 aliphatic rings. The Morgan fingerprint density at radius 2 is 2.00 bits per heavy atom. The van der Waals surface area contributed by atoms with E-state index in [1.807, 2.05) is 12.2 Å². The maximum Gasteiger partial charge on any atom is 0.133 e. The standard InChI is InChI=1S/C11H12O2/c1-9(12)3-2-4-10-5-7-11(13)8-6-10/h2,4-8,13H,3H2,1H3. The second-order valence-electron chi connectivity index (χ2n) is 2.90. The van der Waals surface area contributed by atoms with Gasteiger partial charge in [-0.25, -0.2) is 0 Å². The minimum Gasteiger partial charge on any atom is -0.508 e. The summed E-state index contributed by atoms with van der Waals surface area (Å²) in [4.78, 5) is 10.6. The van der Waals surface area contributed by atoms with Gasteiger partial charge < -0.3 is 5.11 Å². The summed E-state index contributed by atoms with van der Waals surface area (Å²) >= 11 is 0. The van der Waals surface area contributed by atoms with Crippen molar-refractivity contribution < 1.29 is 9.90 Å². The van der Waals surface area contributed by atoms with Gasteiger partial charge in [0.1, 0.15) is 11.5 Å². The first kappa shape index (κ1) is 9.52. The number of aromatic hydroxyl groups is 1. The van der Waals surface area contributed by atoms with Crippen molar-refractivity contribution in [3.05, 3.63) is 35.9 Å². The number of carbonyl (C=O) groups excluding carboxylic acids is 1. The number of benzene rings is 1. The summed E-state index contributed by atoms with van der Waals surface area (Å²) in [5, 5.41) is 8.99. The van der Waals surface area contributed by atoms with Crippen LogP contribution in [0.2, 0.25) is 0 Å². The smallest absolute Gasteiger partial charge is 0.133 e. The normalized spacial score (nSPS) is 10.5. The number of Topliss-reactive ketones (excluding diaryl/α,β-unsaturated/α-hetero) is 1. The Hall–Kier alpha value is -1.57. The molecule has 2 nitrogen and oxygen atoms in total. The molecule has 0 aliphatic carbocycles. The van der Waals surface area contributed by atoms with E-state index in [0.717, 1.165) is 5.56 Å². The van der Waals surface area contributed by atoms with Gasteiger partial charge in [0.2, 0.25) is 0 Å². The molecule has 0 radical (unpaired) electrons. The van der Waals surface area contributed by atoms with E-state index in [1.54, 1.807) is 31.2 Å². The summed E-state index contributed by atoms with van der Waals surface area (Å²) in [6.45, 7) is 1.56. The molecule has 0 unspecified atom stereocenters. The summed E-state index contributed by atoms with van der Waals surface area (Å²) in [6.07, 6.45) is 4.14. The Bertz CT molecular complexity index is 309. The lowest BCUT2D eigenvalue weighted by Crippen LogP contribution is -1.83. The molecule has 0 bridgehead atoms. The number of rotatable bonds is 3. The second-order valence-corrected chi connectivity index (χ2v) is 2.90. The number of phenolic OH excluding ortho intramolecular Hbond substituents is 1. The van der Waals surface area contributed by atoms with Crippen molar-refractivity contribution in [1.29, 1.82) is 0 Å². The van der Waals surface area contributed by atoms with Crippen molar-refractivity contribution in [3.8, 4) is 5.75 Å². The average Bonchev–Trinajstić information content (AvgIpc) is 2.08. The van der Waals surface area contributed by atoms with E-state index in [-0.39, 0.29) is 11.5 Å². The van der Waals surface area contributed by atoms with Gasteiger partial charge in [-0.1, -0.05) is 24.3 Å². The van der Waals surface area contributed by atoms with Gasteiger partial charge >= 0.3 is 0 Å². The first-order valence-corrected chi connectivity index (χ1v) is 4.13. The van der Waals surface area contributed by atoms with Crippen molar-refractivity contribution in [1.82, 2.24) is 0 Å². The van der Waals surface area contributed by atoms with Crippen LogP contribution in [0.4, 0.5) is 0 Å². The minimum absolute atomic E-state index is 0.148. The molecular weight excluding hydrogens is 164 g/mol. The topological polar surface area (TPSA) is 37.3 Å². The van der Waals surface area contributed by atoms with Gasteiger partial charge in [-0.05, 0) is 24.6 Å². The van der Waals surface area contributed by atoms with Gasteiger partial charge in [0.25, 0.3) is 0 Å². The van der Waals surface area contributed by atoms with Crippen molar-refractivity contribution in [2.24, 2.45) is 0 Å². The summed E-state index contributed by atoms with van der Waals surface area (Å²) in [5.41, 5.74) is 0.985. The number of phenols is 1. The molecule has 0 fully saturated rings. The lowest BCUT2D eigenvalue weighted by molar-refractivity contribution is -0.116. The van der Waals surface area contributed by atoms with E-state index in [2.05, 4.69) is 0 Å². The van der Waals surface area contributed by atoms with E-state index in [1.165, 1.54) is 0 Å². The molecule has 1 aromatic rings. The molecule has 0 atom stereocenters. The summed E-state index contributed by atoms with van der Waals surface area (Å²) in [6, 6.07) is 6.83. The van der Waals surface area contributed by atoms with Crippen molar-refractivity contribution in [2.75, 3.05) is 0 Å². The Labute approximate surface area is 77.5 Å². The highest BCUT2D eigenvalue weighted by Crippen LogP contribution is 2.10. The van der Waals surface area contributed by atoms with E-state index in [9.17, 15) is 4.79 Å². The highest BCUT2D eigenvalue weighted by atomic mass is 16.3. The van der Waals surface area contributed by atoms with Gasteiger partial charge in [0, 0.05) is 6.42 Å². The Morgan fingerprint density at radius 3 is 2.54 bits per heavy atom. The first-order chi connectivity index (χ1) is 6.18. The summed E-state index contributed by atoms with van der Waals surface area (Å²) in [7, 11) is 0. The Kier molecular flexibility index (Phi) is 3.26. The zero-order chi connectivity index (χ0) is 9.68. The third-order valence-corrected chi connectivity index (χ3v) is 1.61. The van der Waals surface area contributed by atoms with E-state index in [0.29, 0.717) is 6.42 Å². The molecule has 0 aliphatic heterocycles. The van der Waals surface area contributed by atoms with Crippen molar-refractivity contribution >= 4 is 11.9 Å². The fraction of sp³-hybridized carbons (Fsp3) is 0.182. The van der Waals surface area contributed by atoms with E-state index in [4.69, 9.17) is 5.11 Å². The van der Waals surface area contributed by atoms with Crippen LogP contribution in [0, 0.1) is 0 Å². The maximum absolute atomic E-state index is 10.6. The predicted octanol–water partition coefficient (Wildman–Crippen LogP) is 2.38. The van der Waals surface area contributed by atoms with Crippen LogP contribution in [-0.4, -0.2) is 10.9 Å². The number of hydrogen-bond donors (Lipinski definition) is 1. The lowest BCUT2D eigenvalue weighted by Gasteiger charge is -1.93. The Balaban J connectivity index is 2.59. The quantitative estimate of drug-likeness (QED) is 0.767. The van der Waals surface area contributed by atoms with Gasteiger partial charge in [-0.3, -0.25) is 4.79 Å². The zero-order valence-electron chi connectivity index (χ0n) is 7.53. The largest absolute Gasteiger partial charge is 0.508 e. The fourth-order valence-electron chi connectivity index (χ4n) is 0.946. The molecule has 0 aromatic heterocycles. The van der Waals surface area contributed by atoms with Crippen molar-refractivity contribution in [3.63, 3.8) is 0 Å². The van der Waals surface area contributed by atoms with Crippen LogP contribution in [-0.2, 0) is 4.79 Å². The van der Waals surface area contributed by atoms with Gasteiger partial charge in [-0.2, -0.15) is 0 Å². The van der Waals surface area contributed by atoms with Crippen LogP contribution in [0.1, 0.15) is 18.9 Å². The zero-order valence-corrected chi connectivity index (χ0v) is 7.53. The fourth-order valence-corrected chi connectivity index (χ4v) is 0.946. The third kappa shape index (κ3) is 3.56. The van der Waals surface area contributed by atoms with Crippen LogP contribution >= 0.6 is 0 Å². The van der Waals surface area contributed by atoms with Gasteiger partial charge in [-0.15, -0.1) is 0 Å². The van der Waals surface area contributed by atoms with Crippen LogP contribution in [0.15, 0.2) is 30.3 Å². The minimum atomic E-state index is 0.148. The maximum atomic E-state index is 10.6. The van der Waals surface area contributed by atoms with E-state index < -0.39 is 0 Å². The molecule has 0 spiro atoms. The summed E-state index contributed by atoms with van der Waals surface area (Å²) < 4.78 is 0. The van der Waals surface area contributed by atoms with Gasteiger partial charge in [0.15, 0.2) is 0 Å². The molecule has 0 heterocycles. The Morgan fingerprint density at radius 1 is 1.38 bits per heavy atom. The first-order valence-electron chi connectivity index (χ1n) is 4.13. The molecule has 0 saturated carbocycles. The summed E-state index contributed by atoms with van der Waals surface area (Å²) in [5.74, 6) is 0.402. The molecule has 13 heavy (non-hydrogen) atoms. The van der Waals surface area contributed by atoms with Gasteiger partial charge in [0.05, 0.1) is 0 Å². The van der Waals surface area contributed by atoms with E-state index >= 15 is 0 Å². The van der Waals surface area contributed by atoms with Crippen LogP contribution < -0.4 is 0 Å². The molecule has 0 amide bonds. The predicted molar refractivity (Wildman–Crippen MR) is 52.4 cm³/mol. The monoisotopic (exact) mass is 176 g/mol. The second kappa shape index (κ2) is 4.45. The SMILES string of the molecule is CC(=O)CC=Cc1ccc(O)cc1. The number of ketones is 1. The van der Waals surface area contributed by atoms with Crippen LogP contribution in [0.5, 0.6) is 5.75 Å². The third-order valence-electron chi connectivity index (χ3n) is 1.61. The molecule has 2 heteroatoms. The highest BCUT2D eigenvalue weighted by Gasteiger charge is 1.89. The number of hydrogen-bond acceptors (Lipinski definition) is 2. The molecule has 1 N–H and O–H groups in total.